The maximum atomic E-state index is 11.8. The number of carboxylic acid groups (broad SMARTS) is 1. The van der Waals surface area contributed by atoms with Gasteiger partial charge in [-0.1, -0.05) is 25.1 Å². The van der Waals surface area contributed by atoms with Gasteiger partial charge in [0.05, 0.1) is 19.1 Å². The lowest BCUT2D eigenvalue weighted by molar-refractivity contribution is -0.138. The molecule has 0 aliphatic heterocycles. The van der Waals surface area contributed by atoms with Crippen molar-refractivity contribution in [3.8, 4) is 11.5 Å². The van der Waals surface area contributed by atoms with Gasteiger partial charge in [0.15, 0.2) is 0 Å². The fraction of sp³-hybridized carbons (Fsp3) is 0.381. The second-order valence-electron chi connectivity index (χ2n) is 6.04. The van der Waals surface area contributed by atoms with Gasteiger partial charge >= 0.3 is 5.97 Å². The molecule has 2 aromatic carbocycles. The fourth-order valence-electron chi connectivity index (χ4n) is 2.80. The summed E-state index contributed by atoms with van der Waals surface area (Å²) in [6, 6.07) is 13.3. The van der Waals surface area contributed by atoms with Gasteiger partial charge < -0.3 is 14.6 Å². The SMILES string of the molecule is CCCOc1ccc(C(Cc2ccc(OCC)cc2)C(=O)O)c(C)c1. The van der Waals surface area contributed by atoms with Gasteiger partial charge in [-0.05, 0) is 67.6 Å². The van der Waals surface area contributed by atoms with Crippen molar-refractivity contribution < 1.29 is 19.4 Å². The van der Waals surface area contributed by atoms with Crippen LogP contribution in [0.2, 0.25) is 0 Å². The van der Waals surface area contributed by atoms with Crippen molar-refractivity contribution in [1.29, 1.82) is 0 Å². The average molecular weight is 342 g/mol. The summed E-state index contributed by atoms with van der Waals surface area (Å²) < 4.78 is 11.1. The maximum absolute atomic E-state index is 11.8. The van der Waals surface area contributed by atoms with Crippen molar-refractivity contribution in [3.63, 3.8) is 0 Å². The van der Waals surface area contributed by atoms with E-state index in [1.807, 2.05) is 56.3 Å². The molecule has 0 aromatic heterocycles. The van der Waals surface area contributed by atoms with Gasteiger partial charge in [0.1, 0.15) is 11.5 Å². The van der Waals surface area contributed by atoms with Crippen LogP contribution in [0.3, 0.4) is 0 Å². The van der Waals surface area contributed by atoms with Crippen LogP contribution in [0.15, 0.2) is 42.5 Å². The van der Waals surface area contributed by atoms with E-state index >= 15 is 0 Å². The second kappa shape index (κ2) is 9.11. The van der Waals surface area contributed by atoms with Crippen LogP contribution in [0.5, 0.6) is 11.5 Å². The highest BCUT2D eigenvalue weighted by atomic mass is 16.5. The minimum atomic E-state index is -0.820. The summed E-state index contributed by atoms with van der Waals surface area (Å²) in [4.78, 5) is 11.8. The van der Waals surface area contributed by atoms with Gasteiger partial charge in [0.2, 0.25) is 0 Å². The van der Waals surface area contributed by atoms with Gasteiger partial charge in [0, 0.05) is 0 Å². The van der Waals surface area contributed by atoms with E-state index in [9.17, 15) is 9.90 Å². The molecule has 2 rings (SSSR count). The molecule has 4 heteroatoms. The summed E-state index contributed by atoms with van der Waals surface area (Å²) in [5, 5.41) is 9.71. The van der Waals surface area contributed by atoms with Crippen molar-refractivity contribution in [2.24, 2.45) is 0 Å². The zero-order chi connectivity index (χ0) is 18.2. The van der Waals surface area contributed by atoms with Crippen molar-refractivity contribution in [2.75, 3.05) is 13.2 Å². The van der Waals surface area contributed by atoms with E-state index in [2.05, 4.69) is 6.92 Å². The third-order valence-corrected chi connectivity index (χ3v) is 4.06. The van der Waals surface area contributed by atoms with Crippen LogP contribution in [-0.4, -0.2) is 24.3 Å². The largest absolute Gasteiger partial charge is 0.494 e. The number of hydrogen-bond donors (Lipinski definition) is 1. The summed E-state index contributed by atoms with van der Waals surface area (Å²) in [6.07, 6.45) is 1.38. The van der Waals surface area contributed by atoms with Crippen LogP contribution in [0.4, 0.5) is 0 Å². The molecule has 1 unspecified atom stereocenters. The Morgan fingerprint density at radius 2 is 1.72 bits per heavy atom. The summed E-state index contributed by atoms with van der Waals surface area (Å²) in [6.45, 7) is 7.20. The Balaban J connectivity index is 2.18. The van der Waals surface area contributed by atoms with Crippen molar-refractivity contribution in [3.05, 3.63) is 59.2 Å². The summed E-state index contributed by atoms with van der Waals surface area (Å²) in [7, 11) is 0. The molecule has 0 saturated carbocycles. The maximum Gasteiger partial charge on any atom is 0.311 e. The molecular formula is C21H26O4. The lowest BCUT2D eigenvalue weighted by Gasteiger charge is -2.17. The third kappa shape index (κ3) is 5.24. The molecule has 25 heavy (non-hydrogen) atoms. The molecular weight excluding hydrogens is 316 g/mol. The van der Waals surface area contributed by atoms with Crippen LogP contribution in [0.25, 0.3) is 0 Å². The predicted molar refractivity (Wildman–Crippen MR) is 98.7 cm³/mol. The molecule has 0 spiro atoms. The van der Waals surface area contributed by atoms with Crippen molar-refractivity contribution in [2.45, 2.75) is 39.5 Å². The first-order valence-corrected chi connectivity index (χ1v) is 8.73. The summed E-state index contributed by atoms with van der Waals surface area (Å²) >= 11 is 0. The molecule has 134 valence electrons. The van der Waals surface area contributed by atoms with E-state index in [1.165, 1.54) is 0 Å². The number of carbonyl (C=O) groups is 1. The van der Waals surface area contributed by atoms with E-state index in [0.717, 1.165) is 34.6 Å². The van der Waals surface area contributed by atoms with Crippen LogP contribution in [0, 0.1) is 6.92 Å². The van der Waals surface area contributed by atoms with E-state index in [4.69, 9.17) is 9.47 Å². The first-order valence-electron chi connectivity index (χ1n) is 8.73. The number of hydrogen-bond acceptors (Lipinski definition) is 3. The smallest absolute Gasteiger partial charge is 0.311 e. The molecule has 0 heterocycles. The monoisotopic (exact) mass is 342 g/mol. The van der Waals surface area contributed by atoms with Crippen LogP contribution >= 0.6 is 0 Å². The Labute approximate surface area is 149 Å². The predicted octanol–water partition coefficient (Wildman–Crippen LogP) is 4.59. The van der Waals surface area contributed by atoms with Gasteiger partial charge in [-0.2, -0.15) is 0 Å². The Bertz CT molecular complexity index is 692. The summed E-state index contributed by atoms with van der Waals surface area (Å²) in [5.41, 5.74) is 2.73. The Hall–Kier alpha value is -2.49. The molecule has 0 radical (unpaired) electrons. The average Bonchev–Trinajstić information content (AvgIpc) is 2.60. The third-order valence-electron chi connectivity index (χ3n) is 4.06. The molecule has 2 aromatic rings. The molecule has 0 amide bonds. The molecule has 0 aliphatic carbocycles. The topological polar surface area (TPSA) is 55.8 Å². The van der Waals surface area contributed by atoms with E-state index in [0.29, 0.717) is 19.6 Å². The van der Waals surface area contributed by atoms with Gasteiger partial charge in [-0.15, -0.1) is 0 Å². The van der Waals surface area contributed by atoms with Crippen LogP contribution < -0.4 is 9.47 Å². The van der Waals surface area contributed by atoms with Gasteiger partial charge in [-0.25, -0.2) is 0 Å². The quantitative estimate of drug-likeness (QED) is 0.724. The Kier molecular flexibility index (Phi) is 6.87. The fourth-order valence-corrected chi connectivity index (χ4v) is 2.80. The highest BCUT2D eigenvalue weighted by Crippen LogP contribution is 2.28. The Morgan fingerprint density at radius 3 is 2.28 bits per heavy atom. The molecule has 0 saturated heterocycles. The lowest BCUT2D eigenvalue weighted by Crippen LogP contribution is -2.15. The minimum absolute atomic E-state index is 0.442. The van der Waals surface area contributed by atoms with Crippen LogP contribution in [0.1, 0.15) is 42.9 Å². The molecule has 1 N–H and O–H groups in total. The number of rotatable bonds is 9. The Morgan fingerprint density at radius 1 is 1.04 bits per heavy atom. The molecule has 4 nitrogen and oxygen atoms in total. The zero-order valence-electron chi connectivity index (χ0n) is 15.1. The normalized spacial score (nSPS) is 11.8. The van der Waals surface area contributed by atoms with Crippen molar-refractivity contribution in [1.82, 2.24) is 0 Å². The summed E-state index contributed by atoms with van der Waals surface area (Å²) in [5.74, 6) is 0.178. The number of aryl methyl sites for hydroxylation is 1. The van der Waals surface area contributed by atoms with Gasteiger partial charge in [-0.3, -0.25) is 4.79 Å². The lowest BCUT2D eigenvalue weighted by atomic mass is 9.89. The highest BCUT2D eigenvalue weighted by molar-refractivity contribution is 5.77. The van der Waals surface area contributed by atoms with Crippen LogP contribution in [-0.2, 0) is 11.2 Å². The number of ether oxygens (including phenoxy) is 2. The van der Waals surface area contributed by atoms with E-state index in [-0.39, 0.29) is 0 Å². The number of carboxylic acids is 1. The molecule has 0 bridgehead atoms. The first-order chi connectivity index (χ1) is 12.0. The minimum Gasteiger partial charge on any atom is -0.494 e. The molecule has 1 atom stereocenters. The molecule has 0 aliphatic rings. The number of aliphatic carboxylic acids is 1. The highest BCUT2D eigenvalue weighted by Gasteiger charge is 2.22. The van der Waals surface area contributed by atoms with Crippen molar-refractivity contribution >= 4 is 5.97 Å². The second-order valence-corrected chi connectivity index (χ2v) is 6.04. The first kappa shape index (κ1) is 18.8. The zero-order valence-corrected chi connectivity index (χ0v) is 15.1. The standard InChI is InChI=1S/C21H26O4/c1-4-12-25-18-10-11-19(15(3)13-18)20(21(22)23)14-16-6-8-17(9-7-16)24-5-2/h6-11,13,20H,4-5,12,14H2,1-3H3,(H,22,23). The van der Waals surface area contributed by atoms with Gasteiger partial charge in [0.25, 0.3) is 0 Å². The molecule has 0 fully saturated rings. The van der Waals surface area contributed by atoms with E-state index < -0.39 is 11.9 Å². The van der Waals surface area contributed by atoms with E-state index in [1.54, 1.807) is 0 Å². The number of benzene rings is 2.